The molecule has 1 heterocycles. The molecule has 0 N–H and O–H groups in total. The van der Waals surface area contributed by atoms with Crippen LogP contribution in [0.25, 0.3) is 6.08 Å². The van der Waals surface area contributed by atoms with E-state index in [9.17, 15) is 4.79 Å². The molecule has 0 spiro atoms. The maximum Gasteiger partial charge on any atom is 0.246 e. The zero-order valence-corrected chi connectivity index (χ0v) is 18.6. The molecule has 1 saturated heterocycles. The van der Waals surface area contributed by atoms with E-state index < -0.39 is 0 Å². The molecule has 1 aliphatic rings. The van der Waals surface area contributed by atoms with Crippen LogP contribution in [-0.2, 0) is 4.79 Å². The van der Waals surface area contributed by atoms with Crippen molar-refractivity contribution in [1.29, 1.82) is 0 Å². The van der Waals surface area contributed by atoms with Gasteiger partial charge in [-0.2, -0.15) is 0 Å². The average molecular weight is 451 g/mol. The Bertz CT molecular complexity index is 1010. The standard InChI is InChI=1S/C26H24Cl2N2O/c27-23-13-11-20(19-24(23)28)12-14-25(31)29-15-17-30(18-16-29)26(21-7-3-1-4-8-21)22-9-5-2-6-10-22/h1-14,19,26H,15-18H2/b14-12-. The van der Waals surface area contributed by atoms with Crippen LogP contribution < -0.4 is 0 Å². The van der Waals surface area contributed by atoms with E-state index in [1.807, 2.05) is 23.1 Å². The number of carbonyl (C=O) groups excluding carboxylic acids is 1. The summed E-state index contributed by atoms with van der Waals surface area (Å²) in [4.78, 5) is 17.1. The second-order valence-corrected chi connectivity index (χ2v) is 8.41. The summed E-state index contributed by atoms with van der Waals surface area (Å²) in [5.41, 5.74) is 3.40. The molecule has 0 radical (unpaired) electrons. The van der Waals surface area contributed by atoms with E-state index in [1.54, 1.807) is 24.3 Å². The van der Waals surface area contributed by atoms with Gasteiger partial charge in [0.05, 0.1) is 16.1 Å². The van der Waals surface area contributed by atoms with Gasteiger partial charge in [0, 0.05) is 32.3 Å². The van der Waals surface area contributed by atoms with Crippen molar-refractivity contribution >= 4 is 35.2 Å². The summed E-state index contributed by atoms with van der Waals surface area (Å²) >= 11 is 12.0. The Hall–Kier alpha value is -2.59. The Balaban J connectivity index is 1.43. The van der Waals surface area contributed by atoms with Crippen LogP contribution in [0, 0.1) is 0 Å². The van der Waals surface area contributed by atoms with Gasteiger partial charge in [0.2, 0.25) is 5.91 Å². The lowest BCUT2D eigenvalue weighted by Gasteiger charge is -2.39. The van der Waals surface area contributed by atoms with Gasteiger partial charge in [-0.1, -0.05) is 89.9 Å². The first-order valence-corrected chi connectivity index (χ1v) is 11.1. The molecule has 0 unspecified atom stereocenters. The molecule has 0 aromatic heterocycles. The summed E-state index contributed by atoms with van der Waals surface area (Å²) in [6, 6.07) is 26.6. The number of nitrogens with zero attached hydrogens (tertiary/aromatic N) is 2. The summed E-state index contributed by atoms with van der Waals surface area (Å²) in [5, 5.41) is 0.991. The second kappa shape index (κ2) is 10.1. The molecule has 0 aliphatic carbocycles. The normalized spacial score (nSPS) is 15.0. The van der Waals surface area contributed by atoms with Crippen molar-refractivity contribution in [3.63, 3.8) is 0 Å². The molecule has 31 heavy (non-hydrogen) atoms. The largest absolute Gasteiger partial charge is 0.337 e. The van der Waals surface area contributed by atoms with Crippen LogP contribution in [0.1, 0.15) is 22.7 Å². The van der Waals surface area contributed by atoms with Crippen molar-refractivity contribution in [2.24, 2.45) is 0 Å². The van der Waals surface area contributed by atoms with E-state index in [2.05, 4.69) is 53.4 Å². The van der Waals surface area contributed by atoms with E-state index in [0.29, 0.717) is 23.1 Å². The van der Waals surface area contributed by atoms with E-state index in [-0.39, 0.29) is 11.9 Å². The van der Waals surface area contributed by atoms with Crippen molar-refractivity contribution in [2.45, 2.75) is 6.04 Å². The predicted octanol–water partition coefficient (Wildman–Crippen LogP) is 5.94. The highest BCUT2D eigenvalue weighted by molar-refractivity contribution is 6.42. The van der Waals surface area contributed by atoms with Gasteiger partial charge in [-0.05, 0) is 34.9 Å². The van der Waals surface area contributed by atoms with Gasteiger partial charge in [-0.15, -0.1) is 0 Å². The zero-order valence-electron chi connectivity index (χ0n) is 17.1. The minimum absolute atomic E-state index is 0.0155. The average Bonchev–Trinajstić information content (AvgIpc) is 2.82. The first-order chi connectivity index (χ1) is 15.1. The number of piperazine rings is 1. The number of amides is 1. The van der Waals surface area contributed by atoms with Crippen molar-refractivity contribution in [3.8, 4) is 0 Å². The monoisotopic (exact) mass is 450 g/mol. The zero-order chi connectivity index (χ0) is 21.6. The Morgan fingerprint density at radius 2 is 1.35 bits per heavy atom. The SMILES string of the molecule is O=C(/C=C\c1ccc(Cl)c(Cl)c1)N1CCN(C(c2ccccc2)c2ccccc2)CC1. The van der Waals surface area contributed by atoms with Gasteiger partial charge < -0.3 is 4.90 Å². The van der Waals surface area contributed by atoms with Crippen LogP contribution in [0.3, 0.4) is 0 Å². The number of hydrogen-bond acceptors (Lipinski definition) is 2. The molecule has 1 fully saturated rings. The fourth-order valence-corrected chi connectivity index (χ4v) is 4.28. The molecule has 4 rings (SSSR count). The van der Waals surface area contributed by atoms with Crippen molar-refractivity contribution in [1.82, 2.24) is 9.80 Å². The number of rotatable bonds is 5. The van der Waals surface area contributed by atoms with Gasteiger partial charge in [0.15, 0.2) is 0 Å². The van der Waals surface area contributed by atoms with Crippen LogP contribution in [-0.4, -0.2) is 41.9 Å². The minimum atomic E-state index is 0.0155. The summed E-state index contributed by atoms with van der Waals surface area (Å²) < 4.78 is 0. The predicted molar refractivity (Wildman–Crippen MR) is 128 cm³/mol. The fourth-order valence-electron chi connectivity index (χ4n) is 3.97. The highest BCUT2D eigenvalue weighted by Crippen LogP contribution is 2.29. The smallest absolute Gasteiger partial charge is 0.246 e. The third-order valence-electron chi connectivity index (χ3n) is 5.58. The molecule has 158 valence electrons. The van der Waals surface area contributed by atoms with Crippen LogP contribution in [0.4, 0.5) is 0 Å². The number of halogens is 2. The van der Waals surface area contributed by atoms with Crippen molar-refractivity contribution in [2.75, 3.05) is 26.2 Å². The first kappa shape index (κ1) is 21.6. The van der Waals surface area contributed by atoms with Gasteiger partial charge in [-0.25, -0.2) is 0 Å². The molecule has 0 atom stereocenters. The molecule has 3 aromatic rings. The second-order valence-electron chi connectivity index (χ2n) is 7.59. The highest BCUT2D eigenvalue weighted by Gasteiger charge is 2.27. The van der Waals surface area contributed by atoms with Gasteiger partial charge in [0.1, 0.15) is 0 Å². The van der Waals surface area contributed by atoms with E-state index >= 15 is 0 Å². The fraction of sp³-hybridized carbons (Fsp3) is 0.192. The summed E-state index contributed by atoms with van der Waals surface area (Å²) in [7, 11) is 0. The topological polar surface area (TPSA) is 23.6 Å². The van der Waals surface area contributed by atoms with Gasteiger partial charge in [-0.3, -0.25) is 9.69 Å². The highest BCUT2D eigenvalue weighted by atomic mass is 35.5. The number of carbonyl (C=O) groups is 1. The quantitative estimate of drug-likeness (QED) is 0.449. The number of benzene rings is 3. The minimum Gasteiger partial charge on any atom is -0.337 e. The van der Waals surface area contributed by atoms with Gasteiger partial charge >= 0.3 is 0 Å². The van der Waals surface area contributed by atoms with Crippen LogP contribution in [0.5, 0.6) is 0 Å². The molecule has 0 bridgehead atoms. The van der Waals surface area contributed by atoms with E-state index in [1.165, 1.54) is 11.1 Å². The third-order valence-corrected chi connectivity index (χ3v) is 6.32. The summed E-state index contributed by atoms with van der Waals surface area (Å²) in [6.45, 7) is 3.03. The molecule has 3 aromatic carbocycles. The third kappa shape index (κ3) is 5.37. The Kier molecular flexibility index (Phi) is 7.08. The lowest BCUT2D eigenvalue weighted by molar-refractivity contribution is -0.127. The Labute approximate surface area is 193 Å². The molecular formula is C26H24Cl2N2O. The molecule has 5 heteroatoms. The van der Waals surface area contributed by atoms with E-state index in [0.717, 1.165) is 18.7 Å². The summed E-state index contributed by atoms with van der Waals surface area (Å²) in [5.74, 6) is 0.0155. The Morgan fingerprint density at radius 1 is 0.774 bits per heavy atom. The molecular weight excluding hydrogens is 427 g/mol. The number of hydrogen-bond donors (Lipinski definition) is 0. The molecule has 1 aliphatic heterocycles. The van der Waals surface area contributed by atoms with E-state index in [4.69, 9.17) is 23.2 Å². The van der Waals surface area contributed by atoms with Crippen LogP contribution in [0.2, 0.25) is 10.0 Å². The first-order valence-electron chi connectivity index (χ1n) is 10.4. The summed E-state index contributed by atoms with van der Waals surface area (Å²) in [6.07, 6.45) is 3.40. The lowest BCUT2D eigenvalue weighted by atomic mass is 9.96. The van der Waals surface area contributed by atoms with Crippen molar-refractivity contribution in [3.05, 3.63) is 112 Å². The molecule has 1 amide bonds. The maximum atomic E-state index is 12.7. The Morgan fingerprint density at radius 3 is 1.90 bits per heavy atom. The molecule has 0 saturated carbocycles. The van der Waals surface area contributed by atoms with Crippen LogP contribution in [0.15, 0.2) is 84.9 Å². The van der Waals surface area contributed by atoms with Gasteiger partial charge in [0.25, 0.3) is 0 Å². The maximum absolute atomic E-state index is 12.7. The lowest BCUT2D eigenvalue weighted by Crippen LogP contribution is -2.49. The molecule has 3 nitrogen and oxygen atoms in total. The van der Waals surface area contributed by atoms with Crippen LogP contribution >= 0.6 is 23.2 Å². The van der Waals surface area contributed by atoms with Crippen molar-refractivity contribution < 1.29 is 4.79 Å².